The van der Waals surface area contributed by atoms with Crippen LogP contribution in [0.25, 0.3) is 0 Å². The monoisotopic (exact) mass is 381 g/mol. The molecule has 2 aliphatic rings. The first-order chi connectivity index (χ1) is 12.4. The van der Waals surface area contributed by atoms with Crippen LogP contribution in [0.5, 0.6) is 0 Å². The molecule has 0 bridgehead atoms. The van der Waals surface area contributed by atoms with Gasteiger partial charge in [-0.15, -0.1) is 0 Å². The lowest BCUT2D eigenvalue weighted by atomic mass is 9.83. The molecule has 2 fully saturated rings. The summed E-state index contributed by atoms with van der Waals surface area (Å²) in [6.07, 6.45) is -4.67. The van der Waals surface area contributed by atoms with Crippen molar-refractivity contribution in [3.05, 3.63) is 35.9 Å². The number of aliphatic hydroxyl groups excluding tert-OH is 4. The molecule has 0 aromatic heterocycles. The quantitative estimate of drug-likeness (QED) is 0.311. The maximum absolute atomic E-state index is 12.4. The summed E-state index contributed by atoms with van der Waals surface area (Å²) >= 11 is 5.09. The Labute approximate surface area is 154 Å². The SMILES string of the molecule is O=C(N[C@H]1C(=O)NC(=S)N2[C@H]1[C@@H](O)[C@H](O)[C@H](O)[C@H]2CO)c1ccccc1. The second kappa shape index (κ2) is 7.25. The van der Waals surface area contributed by atoms with Crippen LogP contribution < -0.4 is 10.6 Å². The highest BCUT2D eigenvalue weighted by Gasteiger charge is 2.55. The van der Waals surface area contributed by atoms with Crippen LogP contribution in [0, 0.1) is 0 Å². The van der Waals surface area contributed by atoms with Crippen molar-refractivity contribution in [3.63, 3.8) is 0 Å². The molecule has 2 amide bonds. The summed E-state index contributed by atoms with van der Waals surface area (Å²) in [6, 6.07) is 4.75. The minimum atomic E-state index is -1.61. The molecule has 1 aromatic carbocycles. The molecule has 140 valence electrons. The fraction of sp³-hybridized carbons (Fsp3) is 0.438. The lowest BCUT2D eigenvalue weighted by Gasteiger charge is -2.53. The number of carbonyl (C=O) groups excluding carboxylic acids is 2. The van der Waals surface area contributed by atoms with E-state index < -0.39 is 54.9 Å². The first kappa shape index (κ1) is 18.7. The van der Waals surface area contributed by atoms with Crippen LogP contribution >= 0.6 is 12.2 Å². The number of carbonyl (C=O) groups is 2. The normalized spacial score (nSPS) is 34.1. The Morgan fingerprint density at radius 1 is 1.15 bits per heavy atom. The van der Waals surface area contributed by atoms with Gasteiger partial charge < -0.3 is 36.0 Å². The van der Waals surface area contributed by atoms with E-state index in [9.17, 15) is 30.0 Å². The molecule has 10 heteroatoms. The Balaban J connectivity index is 1.93. The average molecular weight is 381 g/mol. The molecule has 3 rings (SSSR count). The topological polar surface area (TPSA) is 142 Å². The second-order valence-electron chi connectivity index (χ2n) is 6.23. The third kappa shape index (κ3) is 3.06. The van der Waals surface area contributed by atoms with Crippen molar-refractivity contribution < 1.29 is 30.0 Å². The summed E-state index contributed by atoms with van der Waals surface area (Å²) in [5, 5.41) is 45.0. The lowest BCUT2D eigenvalue weighted by Crippen LogP contribution is -2.79. The Kier molecular flexibility index (Phi) is 5.21. The summed E-state index contributed by atoms with van der Waals surface area (Å²) in [4.78, 5) is 26.1. The van der Waals surface area contributed by atoms with Gasteiger partial charge in [0, 0.05) is 5.56 Å². The maximum atomic E-state index is 12.4. The number of hydrogen-bond acceptors (Lipinski definition) is 7. The number of fused-ring (bicyclic) bond motifs is 1. The molecular weight excluding hydrogens is 362 g/mol. The van der Waals surface area contributed by atoms with E-state index in [1.54, 1.807) is 30.3 Å². The van der Waals surface area contributed by atoms with Gasteiger partial charge in [-0.25, -0.2) is 0 Å². The van der Waals surface area contributed by atoms with Gasteiger partial charge in [0.15, 0.2) is 5.11 Å². The molecule has 0 spiro atoms. The molecule has 0 radical (unpaired) electrons. The highest BCUT2D eigenvalue weighted by molar-refractivity contribution is 7.80. The van der Waals surface area contributed by atoms with E-state index in [2.05, 4.69) is 10.6 Å². The number of benzene rings is 1. The number of thiocarbonyl (C=S) groups is 1. The summed E-state index contributed by atoms with van der Waals surface area (Å²) in [5.41, 5.74) is 0.310. The number of aliphatic hydroxyl groups is 4. The minimum absolute atomic E-state index is 0.103. The van der Waals surface area contributed by atoms with Crippen LogP contribution in [-0.2, 0) is 4.79 Å². The Morgan fingerprint density at radius 2 is 1.81 bits per heavy atom. The maximum Gasteiger partial charge on any atom is 0.251 e. The molecule has 26 heavy (non-hydrogen) atoms. The molecule has 2 heterocycles. The van der Waals surface area contributed by atoms with Crippen molar-refractivity contribution in [1.29, 1.82) is 0 Å². The van der Waals surface area contributed by atoms with E-state index in [-0.39, 0.29) is 5.11 Å². The summed E-state index contributed by atoms with van der Waals surface area (Å²) in [6.45, 7) is -0.573. The Bertz CT molecular complexity index is 717. The van der Waals surface area contributed by atoms with E-state index in [0.29, 0.717) is 5.56 Å². The van der Waals surface area contributed by atoms with Crippen LogP contribution in [0.1, 0.15) is 10.4 Å². The van der Waals surface area contributed by atoms with Gasteiger partial charge in [0.05, 0.1) is 18.7 Å². The van der Waals surface area contributed by atoms with Gasteiger partial charge >= 0.3 is 0 Å². The van der Waals surface area contributed by atoms with Gasteiger partial charge in [-0.1, -0.05) is 18.2 Å². The van der Waals surface area contributed by atoms with Crippen LogP contribution in [0.2, 0.25) is 0 Å². The highest BCUT2D eigenvalue weighted by Crippen LogP contribution is 2.29. The molecule has 2 aliphatic heterocycles. The fourth-order valence-corrected chi connectivity index (χ4v) is 3.75. The lowest BCUT2D eigenvalue weighted by molar-refractivity contribution is -0.166. The summed E-state index contributed by atoms with van der Waals surface area (Å²) in [7, 11) is 0. The molecule has 6 N–H and O–H groups in total. The predicted octanol–water partition coefficient (Wildman–Crippen LogP) is -2.67. The van der Waals surface area contributed by atoms with Crippen molar-refractivity contribution in [1.82, 2.24) is 15.5 Å². The van der Waals surface area contributed by atoms with Gasteiger partial charge in [0.25, 0.3) is 11.8 Å². The number of piperidine rings is 1. The van der Waals surface area contributed by atoms with Gasteiger partial charge in [0.2, 0.25) is 0 Å². The summed E-state index contributed by atoms with van der Waals surface area (Å²) in [5.74, 6) is -1.20. The van der Waals surface area contributed by atoms with E-state index in [4.69, 9.17) is 12.2 Å². The van der Waals surface area contributed by atoms with Gasteiger partial charge in [-0.2, -0.15) is 0 Å². The van der Waals surface area contributed by atoms with Gasteiger partial charge in [0.1, 0.15) is 24.4 Å². The molecule has 0 unspecified atom stereocenters. The second-order valence-corrected chi connectivity index (χ2v) is 6.62. The number of amides is 2. The van der Waals surface area contributed by atoms with Crippen LogP contribution in [0.4, 0.5) is 0 Å². The van der Waals surface area contributed by atoms with Crippen molar-refractivity contribution in [3.8, 4) is 0 Å². The number of hydrogen-bond donors (Lipinski definition) is 6. The van der Waals surface area contributed by atoms with Crippen LogP contribution in [0.15, 0.2) is 30.3 Å². The Morgan fingerprint density at radius 3 is 2.42 bits per heavy atom. The molecule has 0 saturated carbocycles. The molecule has 9 nitrogen and oxygen atoms in total. The van der Waals surface area contributed by atoms with Gasteiger partial charge in [-0.05, 0) is 24.4 Å². The molecule has 2 saturated heterocycles. The smallest absolute Gasteiger partial charge is 0.251 e. The predicted molar refractivity (Wildman–Crippen MR) is 93.0 cm³/mol. The van der Waals surface area contributed by atoms with Crippen LogP contribution in [-0.4, -0.2) is 85.3 Å². The average Bonchev–Trinajstić information content (AvgIpc) is 2.64. The zero-order valence-corrected chi connectivity index (χ0v) is 14.3. The van der Waals surface area contributed by atoms with Crippen molar-refractivity contribution in [2.45, 2.75) is 36.4 Å². The van der Waals surface area contributed by atoms with E-state index in [0.717, 1.165) is 0 Å². The first-order valence-electron chi connectivity index (χ1n) is 8.01. The van der Waals surface area contributed by atoms with E-state index >= 15 is 0 Å². The standard InChI is InChI=1S/C16H19N3O6S/c20-6-8-11(21)13(23)12(22)10-9(15(25)18-16(26)19(8)10)17-14(24)7-4-2-1-3-5-7/h1-5,8-13,20-23H,6H2,(H,17,24)(H,18,25,26)/t8-,9-,10-,11-,12-,13-/m1/s1. The van der Waals surface area contributed by atoms with E-state index in [1.807, 2.05) is 0 Å². The highest BCUT2D eigenvalue weighted by atomic mass is 32.1. The van der Waals surface area contributed by atoms with Crippen molar-refractivity contribution >= 4 is 29.1 Å². The molecule has 0 aliphatic carbocycles. The largest absolute Gasteiger partial charge is 0.394 e. The number of rotatable bonds is 3. The van der Waals surface area contributed by atoms with Crippen LogP contribution in [0.3, 0.4) is 0 Å². The number of nitrogens with zero attached hydrogens (tertiary/aromatic N) is 1. The zero-order valence-electron chi connectivity index (χ0n) is 13.5. The molecular formula is C16H19N3O6S. The summed E-state index contributed by atoms with van der Waals surface area (Å²) < 4.78 is 0. The molecule has 1 aromatic rings. The molecule has 6 atom stereocenters. The van der Waals surface area contributed by atoms with E-state index in [1.165, 1.54) is 4.90 Å². The third-order valence-corrected chi connectivity index (χ3v) is 5.03. The first-order valence-corrected chi connectivity index (χ1v) is 8.41. The Hall–Kier alpha value is -2.11. The third-order valence-electron chi connectivity index (χ3n) is 4.72. The van der Waals surface area contributed by atoms with Crippen molar-refractivity contribution in [2.75, 3.05) is 6.61 Å². The minimum Gasteiger partial charge on any atom is -0.394 e. The van der Waals surface area contributed by atoms with Crippen molar-refractivity contribution in [2.24, 2.45) is 0 Å². The van der Waals surface area contributed by atoms with Gasteiger partial charge in [-0.3, -0.25) is 9.59 Å². The fourth-order valence-electron chi connectivity index (χ4n) is 3.39. The zero-order chi connectivity index (χ0) is 19.0. The number of nitrogens with one attached hydrogen (secondary N) is 2.